The lowest BCUT2D eigenvalue weighted by Gasteiger charge is -2.17. The fourth-order valence-electron chi connectivity index (χ4n) is 2.99. The summed E-state index contributed by atoms with van der Waals surface area (Å²) >= 11 is 5.97. The zero-order valence-corrected chi connectivity index (χ0v) is 15.3. The highest BCUT2D eigenvalue weighted by atomic mass is 35.5. The minimum atomic E-state index is -0.720. The molecule has 2 amide bonds. The predicted octanol–water partition coefficient (Wildman–Crippen LogP) is 3.24. The van der Waals surface area contributed by atoms with Crippen molar-refractivity contribution in [3.05, 3.63) is 59.1 Å². The third kappa shape index (κ3) is 4.76. The summed E-state index contributed by atoms with van der Waals surface area (Å²) in [6.45, 7) is 2.64. The van der Waals surface area contributed by atoms with Gasteiger partial charge in [0, 0.05) is 25.3 Å². The van der Waals surface area contributed by atoms with E-state index in [9.17, 15) is 9.59 Å². The Kier molecular flexibility index (Phi) is 6.12. The van der Waals surface area contributed by atoms with Gasteiger partial charge in [-0.1, -0.05) is 35.9 Å². The van der Waals surface area contributed by atoms with Crippen LogP contribution in [0.15, 0.2) is 48.5 Å². The van der Waals surface area contributed by atoms with Crippen LogP contribution in [0, 0.1) is 0 Å². The summed E-state index contributed by atoms with van der Waals surface area (Å²) in [6.07, 6.45) is 3.18. The second-order valence-electron chi connectivity index (χ2n) is 6.30. The Labute approximate surface area is 158 Å². The zero-order valence-electron chi connectivity index (χ0n) is 14.5. The first-order valence-corrected chi connectivity index (χ1v) is 9.19. The number of halogens is 1. The van der Waals surface area contributed by atoms with E-state index in [0.29, 0.717) is 23.7 Å². The maximum absolute atomic E-state index is 11.9. The molecule has 0 saturated carbocycles. The van der Waals surface area contributed by atoms with Crippen LogP contribution in [0.1, 0.15) is 18.4 Å². The minimum absolute atomic E-state index is 0.395. The number of para-hydroxylation sites is 1. The van der Waals surface area contributed by atoms with Crippen LogP contribution < -0.4 is 15.5 Å². The monoisotopic (exact) mass is 371 g/mol. The Morgan fingerprint density at radius 1 is 0.962 bits per heavy atom. The van der Waals surface area contributed by atoms with Crippen molar-refractivity contribution < 1.29 is 9.59 Å². The van der Waals surface area contributed by atoms with Gasteiger partial charge in [-0.2, -0.15) is 0 Å². The van der Waals surface area contributed by atoms with Gasteiger partial charge in [0.1, 0.15) is 0 Å². The van der Waals surface area contributed by atoms with E-state index in [1.165, 1.54) is 18.5 Å². The lowest BCUT2D eigenvalue weighted by Crippen LogP contribution is -2.36. The summed E-state index contributed by atoms with van der Waals surface area (Å²) in [5.74, 6) is -1.39. The van der Waals surface area contributed by atoms with E-state index in [0.717, 1.165) is 18.7 Å². The van der Waals surface area contributed by atoms with Gasteiger partial charge in [0.05, 0.1) is 10.7 Å². The van der Waals surface area contributed by atoms with E-state index in [1.807, 2.05) is 0 Å². The second kappa shape index (κ2) is 8.72. The van der Waals surface area contributed by atoms with E-state index < -0.39 is 11.8 Å². The van der Waals surface area contributed by atoms with Crippen molar-refractivity contribution in [3.8, 4) is 0 Å². The molecule has 1 aliphatic rings. The van der Waals surface area contributed by atoms with Crippen LogP contribution in [0.25, 0.3) is 0 Å². The van der Waals surface area contributed by atoms with Crippen molar-refractivity contribution in [2.45, 2.75) is 19.3 Å². The molecule has 0 bridgehead atoms. The molecule has 1 saturated heterocycles. The summed E-state index contributed by atoms with van der Waals surface area (Å²) in [5, 5.41) is 5.54. The molecule has 0 aliphatic carbocycles. The summed E-state index contributed by atoms with van der Waals surface area (Å²) < 4.78 is 0. The quantitative estimate of drug-likeness (QED) is 0.793. The second-order valence-corrected chi connectivity index (χ2v) is 6.71. The first kappa shape index (κ1) is 18.3. The molecule has 0 radical (unpaired) electrons. The average molecular weight is 372 g/mol. The molecule has 2 aromatic rings. The highest BCUT2D eigenvalue weighted by Gasteiger charge is 2.15. The number of carbonyl (C=O) groups is 2. The predicted molar refractivity (Wildman–Crippen MR) is 105 cm³/mol. The normalized spacial score (nSPS) is 13.5. The maximum atomic E-state index is 11.9. The fourth-order valence-corrected chi connectivity index (χ4v) is 3.17. The molecule has 1 fully saturated rings. The molecule has 2 N–H and O–H groups in total. The lowest BCUT2D eigenvalue weighted by molar-refractivity contribution is -0.136. The first-order valence-electron chi connectivity index (χ1n) is 8.81. The highest BCUT2D eigenvalue weighted by molar-refractivity contribution is 6.41. The first-order chi connectivity index (χ1) is 12.6. The molecular formula is C20H22ClN3O2. The van der Waals surface area contributed by atoms with Crippen molar-refractivity contribution in [1.29, 1.82) is 0 Å². The third-order valence-corrected chi connectivity index (χ3v) is 4.76. The van der Waals surface area contributed by atoms with Crippen LogP contribution in [0.5, 0.6) is 0 Å². The molecule has 136 valence electrons. The summed E-state index contributed by atoms with van der Waals surface area (Å²) in [6, 6.07) is 15.2. The standard InChI is InChI=1S/C20H22ClN3O2/c21-17-5-1-2-6-18(17)23-20(26)19(25)22-12-11-15-7-9-16(10-8-15)24-13-3-4-14-24/h1-2,5-10H,3-4,11-14H2,(H,22,25)(H,23,26). The molecule has 6 heteroatoms. The number of nitrogens with one attached hydrogen (secondary N) is 2. The maximum Gasteiger partial charge on any atom is 0.313 e. The van der Waals surface area contributed by atoms with E-state index in [-0.39, 0.29) is 0 Å². The largest absolute Gasteiger partial charge is 0.372 e. The molecule has 0 unspecified atom stereocenters. The van der Waals surface area contributed by atoms with Crippen molar-refractivity contribution >= 4 is 34.8 Å². The molecule has 0 aromatic heterocycles. The Bertz CT molecular complexity index is 771. The van der Waals surface area contributed by atoms with Gasteiger partial charge in [0.2, 0.25) is 0 Å². The lowest BCUT2D eigenvalue weighted by atomic mass is 10.1. The van der Waals surface area contributed by atoms with E-state index in [4.69, 9.17) is 11.6 Å². The van der Waals surface area contributed by atoms with Gasteiger partial charge in [-0.25, -0.2) is 0 Å². The molecule has 0 spiro atoms. The SMILES string of the molecule is O=C(NCCc1ccc(N2CCCC2)cc1)C(=O)Nc1ccccc1Cl. The van der Waals surface area contributed by atoms with Crippen LogP contribution in [0.4, 0.5) is 11.4 Å². The Morgan fingerprint density at radius 2 is 1.65 bits per heavy atom. The van der Waals surface area contributed by atoms with Gasteiger partial charge in [0.25, 0.3) is 0 Å². The number of rotatable bonds is 5. The summed E-state index contributed by atoms with van der Waals surface area (Å²) in [4.78, 5) is 26.2. The number of anilines is 2. The van der Waals surface area contributed by atoms with Crippen LogP contribution >= 0.6 is 11.6 Å². The third-order valence-electron chi connectivity index (χ3n) is 4.44. The molecule has 3 rings (SSSR count). The number of carbonyl (C=O) groups excluding carboxylic acids is 2. The Balaban J connectivity index is 1.44. The molecule has 5 nitrogen and oxygen atoms in total. The number of hydrogen-bond donors (Lipinski definition) is 2. The van der Waals surface area contributed by atoms with Crippen molar-refractivity contribution in [1.82, 2.24) is 5.32 Å². The number of amides is 2. The van der Waals surface area contributed by atoms with Crippen molar-refractivity contribution in [2.75, 3.05) is 29.9 Å². The zero-order chi connectivity index (χ0) is 18.4. The van der Waals surface area contributed by atoms with Gasteiger partial charge in [-0.05, 0) is 49.1 Å². The highest BCUT2D eigenvalue weighted by Crippen LogP contribution is 2.21. The molecule has 1 aliphatic heterocycles. The molecule has 1 heterocycles. The van der Waals surface area contributed by atoms with E-state index in [2.05, 4.69) is 39.8 Å². The number of nitrogens with zero attached hydrogens (tertiary/aromatic N) is 1. The Hall–Kier alpha value is -2.53. The van der Waals surface area contributed by atoms with Crippen LogP contribution in [0.2, 0.25) is 5.02 Å². The summed E-state index contributed by atoms with van der Waals surface area (Å²) in [5.41, 5.74) is 2.79. The molecule has 26 heavy (non-hydrogen) atoms. The van der Waals surface area contributed by atoms with Gasteiger partial charge < -0.3 is 15.5 Å². The van der Waals surface area contributed by atoms with Crippen molar-refractivity contribution in [3.63, 3.8) is 0 Å². The van der Waals surface area contributed by atoms with Gasteiger partial charge in [-0.3, -0.25) is 9.59 Å². The molecule has 0 atom stereocenters. The Morgan fingerprint density at radius 3 is 2.35 bits per heavy atom. The number of hydrogen-bond acceptors (Lipinski definition) is 3. The summed E-state index contributed by atoms with van der Waals surface area (Å²) in [7, 11) is 0. The van der Waals surface area contributed by atoms with E-state index >= 15 is 0 Å². The van der Waals surface area contributed by atoms with Gasteiger partial charge in [-0.15, -0.1) is 0 Å². The number of benzene rings is 2. The fraction of sp³-hybridized carbons (Fsp3) is 0.300. The average Bonchev–Trinajstić information content (AvgIpc) is 3.19. The van der Waals surface area contributed by atoms with Crippen molar-refractivity contribution in [2.24, 2.45) is 0 Å². The molecule has 2 aromatic carbocycles. The topological polar surface area (TPSA) is 61.4 Å². The van der Waals surface area contributed by atoms with Crippen LogP contribution in [-0.4, -0.2) is 31.4 Å². The minimum Gasteiger partial charge on any atom is -0.372 e. The van der Waals surface area contributed by atoms with Crippen LogP contribution in [0.3, 0.4) is 0 Å². The van der Waals surface area contributed by atoms with Gasteiger partial charge in [0.15, 0.2) is 0 Å². The van der Waals surface area contributed by atoms with E-state index in [1.54, 1.807) is 24.3 Å². The smallest absolute Gasteiger partial charge is 0.313 e. The molecular weight excluding hydrogens is 350 g/mol. The van der Waals surface area contributed by atoms with Crippen LogP contribution in [-0.2, 0) is 16.0 Å². The van der Waals surface area contributed by atoms with Gasteiger partial charge >= 0.3 is 11.8 Å².